The summed E-state index contributed by atoms with van der Waals surface area (Å²) in [6.45, 7) is 7.80. The molecule has 0 radical (unpaired) electrons. The van der Waals surface area contributed by atoms with Crippen molar-refractivity contribution in [1.82, 2.24) is 0 Å². The third kappa shape index (κ3) is 3.19. The van der Waals surface area contributed by atoms with Gasteiger partial charge in [0, 0.05) is 0 Å². The van der Waals surface area contributed by atoms with Gasteiger partial charge in [-0.1, -0.05) is 45.0 Å². The molecule has 1 aromatic rings. The Hall–Kier alpha value is -1.64. The van der Waals surface area contributed by atoms with Crippen molar-refractivity contribution >= 4 is 12.3 Å². The van der Waals surface area contributed by atoms with Gasteiger partial charge in [-0.25, -0.2) is 0 Å². The standard InChI is InChI=1S/C15H20O3/c1-14(2,3)12-7-5-11(6-8-12)9-15(4,10-16)13(17)18/h5-8,10H,9H2,1-4H3,(H,17,18). The highest BCUT2D eigenvalue weighted by Crippen LogP contribution is 2.25. The maximum absolute atomic E-state index is 11.1. The molecule has 0 aliphatic carbocycles. The highest BCUT2D eigenvalue weighted by Gasteiger charge is 2.33. The topological polar surface area (TPSA) is 54.4 Å². The molecule has 98 valence electrons. The minimum atomic E-state index is -1.34. The Morgan fingerprint density at radius 1 is 1.17 bits per heavy atom. The number of aldehydes is 1. The fourth-order valence-electron chi connectivity index (χ4n) is 1.71. The van der Waals surface area contributed by atoms with E-state index in [1.165, 1.54) is 12.5 Å². The van der Waals surface area contributed by atoms with Gasteiger partial charge in [-0.15, -0.1) is 0 Å². The van der Waals surface area contributed by atoms with Crippen molar-refractivity contribution in [3.63, 3.8) is 0 Å². The van der Waals surface area contributed by atoms with Crippen LogP contribution in [0.25, 0.3) is 0 Å². The molecule has 3 heteroatoms. The maximum atomic E-state index is 11.1. The Kier molecular flexibility index (Phi) is 3.95. The Labute approximate surface area is 108 Å². The van der Waals surface area contributed by atoms with E-state index in [4.69, 9.17) is 5.11 Å². The SMILES string of the molecule is CC(C=O)(Cc1ccc(C(C)(C)C)cc1)C(=O)O. The van der Waals surface area contributed by atoms with E-state index in [1.807, 2.05) is 24.3 Å². The van der Waals surface area contributed by atoms with Gasteiger partial charge in [0.25, 0.3) is 0 Å². The lowest BCUT2D eigenvalue weighted by Gasteiger charge is -2.21. The monoisotopic (exact) mass is 248 g/mol. The first-order valence-electron chi connectivity index (χ1n) is 5.98. The number of rotatable bonds is 4. The number of carboxylic acids is 1. The predicted octanol–water partition coefficient (Wildman–Crippen LogP) is 2.82. The van der Waals surface area contributed by atoms with Crippen LogP contribution in [0.15, 0.2) is 24.3 Å². The molecule has 0 saturated carbocycles. The Bertz CT molecular complexity index is 440. The summed E-state index contributed by atoms with van der Waals surface area (Å²) in [4.78, 5) is 22.0. The number of aliphatic carboxylic acids is 1. The second-order valence-corrected chi connectivity index (χ2v) is 5.96. The van der Waals surface area contributed by atoms with Gasteiger partial charge in [-0.05, 0) is 29.9 Å². The van der Waals surface area contributed by atoms with Gasteiger partial charge in [-0.3, -0.25) is 4.79 Å². The first-order valence-corrected chi connectivity index (χ1v) is 5.98. The van der Waals surface area contributed by atoms with Crippen LogP contribution >= 0.6 is 0 Å². The first kappa shape index (κ1) is 14.4. The number of hydrogen-bond donors (Lipinski definition) is 1. The third-order valence-corrected chi connectivity index (χ3v) is 3.14. The van der Waals surface area contributed by atoms with Crippen LogP contribution in [-0.4, -0.2) is 17.4 Å². The van der Waals surface area contributed by atoms with Crippen molar-refractivity contribution in [2.45, 2.75) is 39.5 Å². The molecule has 0 spiro atoms. The maximum Gasteiger partial charge on any atom is 0.316 e. The molecule has 1 rings (SSSR count). The molecule has 0 heterocycles. The molecule has 0 aliphatic heterocycles. The lowest BCUT2D eigenvalue weighted by atomic mass is 9.83. The van der Waals surface area contributed by atoms with Crippen LogP contribution in [0.1, 0.15) is 38.8 Å². The van der Waals surface area contributed by atoms with E-state index >= 15 is 0 Å². The average molecular weight is 248 g/mol. The number of carbonyl (C=O) groups excluding carboxylic acids is 1. The van der Waals surface area contributed by atoms with Gasteiger partial charge in [-0.2, -0.15) is 0 Å². The summed E-state index contributed by atoms with van der Waals surface area (Å²) in [6, 6.07) is 7.77. The van der Waals surface area contributed by atoms with E-state index in [9.17, 15) is 9.59 Å². The highest BCUT2D eigenvalue weighted by molar-refractivity contribution is 5.91. The van der Waals surface area contributed by atoms with Crippen molar-refractivity contribution in [3.05, 3.63) is 35.4 Å². The van der Waals surface area contributed by atoms with Crippen molar-refractivity contribution in [2.24, 2.45) is 5.41 Å². The number of hydrogen-bond acceptors (Lipinski definition) is 2. The quantitative estimate of drug-likeness (QED) is 0.658. The van der Waals surface area contributed by atoms with Crippen molar-refractivity contribution in [1.29, 1.82) is 0 Å². The van der Waals surface area contributed by atoms with Gasteiger partial charge in [0.15, 0.2) is 0 Å². The molecule has 1 aromatic carbocycles. The van der Waals surface area contributed by atoms with Gasteiger partial charge >= 0.3 is 5.97 Å². The molecule has 1 N–H and O–H groups in total. The summed E-state index contributed by atoms with van der Waals surface area (Å²) in [6.07, 6.45) is 0.725. The van der Waals surface area contributed by atoms with Crippen LogP contribution in [-0.2, 0) is 21.4 Å². The van der Waals surface area contributed by atoms with E-state index in [2.05, 4.69) is 20.8 Å². The predicted molar refractivity (Wildman–Crippen MR) is 70.7 cm³/mol. The van der Waals surface area contributed by atoms with Crippen LogP contribution in [0.2, 0.25) is 0 Å². The van der Waals surface area contributed by atoms with Crippen molar-refractivity contribution < 1.29 is 14.7 Å². The van der Waals surface area contributed by atoms with Crippen LogP contribution in [0, 0.1) is 5.41 Å². The van der Waals surface area contributed by atoms with E-state index in [1.54, 1.807) is 0 Å². The van der Waals surface area contributed by atoms with E-state index in [0.29, 0.717) is 6.29 Å². The smallest absolute Gasteiger partial charge is 0.316 e. The summed E-state index contributed by atoms with van der Waals surface area (Å²) < 4.78 is 0. The van der Waals surface area contributed by atoms with Gasteiger partial charge in [0.2, 0.25) is 0 Å². The minimum absolute atomic E-state index is 0.0687. The zero-order valence-electron chi connectivity index (χ0n) is 11.4. The molecule has 0 aliphatic rings. The molecule has 0 aromatic heterocycles. The first-order chi connectivity index (χ1) is 8.19. The third-order valence-electron chi connectivity index (χ3n) is 3.14. The molecule has 1 unspecified atom stereocenters. The van der Waals surface area contributed by atoms with Crippen molar-refractivity contribution in [2.75, 3.05) is 0 Å². The van der Waals surface area contributed by atoms with E-state index in [0.717, 1.165) is 5.56 Å². The summed E-state index contributed by atoms with van der Waals surface area (Å²) in [7, 11) is 0. The van der Waals surface area contributed by atoms with Gasteiger partial charge < -0.3 is 9.90 Å². The Morgan fingerprint density at radius 3 is 2.00 bits per heavy atom. The summed E-state index contributed by atoms with van der Waals surface area (Å²) in [5, 5.41) is 9.05. The average Bonchev–Trinajstić information content (AvgIpc) is 2.28. The van der Waals surface area contributed by atoms with Crippen LogP contribution in [0.3, 0.4) is 0 Å². The number of benzene rings is 1. The van der Waals surface area contributed by atoms with Gasteiger partial charge in [0.05, 0.1) is 0 Å². The number of carboxylic acid groups (broad SMARTS) is 1. The molecular weight excluding hydrogens is 228 g/mol. The molecule has 0 fully saturated rings. The fraction of sp³-hybridized carbons (Fsp3) is 0.467. The summed E-state index contributed by atoms with van der Waals surface area (Å²) >= 11 is 0. The molecule has 0 bridgehead atoms. The van der Waals surface area contributed by atoms with Crippen LogP contribution < -0.4 is 0 Å². The second kappa shape index (κ2) is 4.92. The zero-order valence-corrected chi connectivity index (χ0v) is 11.4. The number of carbonyl (C=O) groups is 2. The molecule has 18 heavy (non-hydrogen) atoms. The summed E-state index contributed by atoms with van der Waals surface area (Å²) in [5.74, 6) is -1.09. The lowest BCUT2D eigenvalue weighted by molar-refractivity contribution is -0.150. The van der Waals surface area contributed by atoms with E-state index in [-0.39, 0.29) is 11.8 Å². The Morgan fingerprint density at radius 2 is 1.67 bits per heavy atom. The lowest BCUT2D eigenvalue weighted by Crippen LogP contribution is -2.31. The summed E-state index contributed by atoms with van der Waals surface area (Å²) in [5.41, 5.74) is 0.775. The highest BCUT2D eigenvalue weighted by atomic mass is 16.4. The van der Waals surface area contributed by atoms with Crippen LogP contribution in [0.4, 0.5) is 0 Å². The molecule has 3 nitrogen and oxygen atoms in total. The molecule has 0 amide bonds. The second-order valence-electron chi connectivity index (χ2n) is 5.96. The molecule has 0 saturated heterocycles. The molecule has 1 atom stereocenters. The largest absolute Gasteiger partial charge is 0.481 e. The normalized spacial score (nSPS) is 14.9. The zero-order chi connectivity index (χ0) is 14.0. The Balaban J connectivity index is 2.94. The molecular formula is C15H20O3. The van der Waals surface area contributed by atoms with Crippen molar-refractivity contribution in [3.8, 4) is 0 Å². The fourth-order valence-corrected chi connectivity index (χ4v) is 1.71. The van der Waals surface area contributed by atoms with Crippen LogP contribution in [0.5, 0.6) is 0 Å². The van der Waals surface area contributed by atoms with Gasteiger partial charge in [0.1, 0.15) is 11.7 Å². The minimum Gasteiger partial charge on any atom is -0.481 e. The van der Waals surface area contributed by atoms with E-state index < -0.39 is 11.4 Å².